The second-order valence-electron chi connectivity index (χ2n) is 6.41. The fourth-order valence-electron chi connectivity index (χ4n) is 3.26. The van der Waals surface area contributed by atoms with Crippen LogP contribution < -0.4 is 4.90 Å². The van der Waals surface area contributed by atoms with Crippen LogP contribution in [-0.2, 0) is 10.0 Å². The highest BCUT2D eigenvalue weighted by Crippen LogP contribution is 2.20. The Hall–Kier alpha value is -1.90. The fourth-order valence-corrected chi connectivity index (χ4v) is 4.74. The molecule has 0 amide bonds. The maximum absolute atomic E-state index is 13.9. The molecule has 0 saturated carbocycles. The van der Waals surface area contributed by atoms with E-state index < -0.39 is 26.6 Å². The van der Waals surface area contributed by atoms with Crippen LogP contribution in [-0.4, -0.2) is 38.9 Å². The molecule has 4 nitrogen and oxygen atoms in total. The Labute approximate surface area is 150 Å². The van der Waals surface area contributed by atoms with Gasteiger partial charge >= 0.3 is 0 Å². The van der Waals surface area contributed by atoms with Gasteiger partial charge in [-0.2, -0.15) is 4.31 Å². The lowest BCUT2D eigenvalue weighted by Crippen LogP contribution is -3.14. The van der Waals surface area contributed by atoms with E-state index in [1.807, 2.05) is 6.92 Å². The topological polar surface area (TPSA) is 41.8 Å². The lowest BCUT2D eigenvalue weighted by Gasteiger charge is -2.35. The van der Waals surface area contributed by atoms with Gasteiger partial charge in [-0.3, -0.25) is 0 Å². The Morgan fingerprint density at radius 3 is 2.12 bits per heavy atom. The molecule has 8 heteroatoms. The molecule has 26 heavy (non-hydrogen) atoms. The van der Waals surface area contributed by atoms with Crippen molar-refractivity contribution in [2.45, 2.75) is 17.9 Å². The monoisotopic (exact) mass is 385 g/mol. The molecule has 0 aliphatic carbocycles. The van der Waals surface area contributed by atoms with Crippen molar-refractivity contribution in [2.75, 3.05) is 26.2 Å². The van der Waals surface area contributed by atoms with Crippen molar-refractivity contribution in [1.82, 2.24) is 4.31 Å². The summed E-state index contributed by atoms with van der Waals surface area (Å²) in [5.74, 6) is -2.20. The summed E-state index contributed by atoms with van der Waals surface area (Å²) in [6.07, 6.45) is 0. The first-order valence-electron chi connectivity index (χ1n) is 8.34. The second-order valence-corrected chi connectivity index (χ2v) is 8.32. The Kier molecular flexibility index (Phi) is 5.36. The molecule has 1 fully saturated rings. The quantitative estimate of drug-likeness (QED) is 0.872. The molecule has 0 unspecified atom stereocenters. The van der Waals surface area contributed by atoms with E-state index in [0.29, 0.717) is 19.2 Å². The Bertz CT molecular complexity index is 880. The van der Waals surface area contributed by atoms with E-state index in [4.69, 9.17) is 0 Å². The van der Waals surface area contributed by atoms with Crippen LogP contribution in [0.25, 0.3) is 0 Å². The van der Waals surface area contributed by atoms with Crippen LogP contribution in [0.2, 0.25) is 0 Å². The molecule has 1 N–H and O–H groups in total. The van der Waals surface area contributed by atoms with E-state index >= 15 is 0 Å². The van der Waals surface area contributed by atoms with E-state index in [9.17, 15) is 21.6 Å². The number of sulfonamides is 1. The molecule has 3 rings (SSSR count). The Balaban J connectivity index is 1.70. The summed E-state index contributed by atoms with van der Waals surface area (Å²) in [5, 5.41) is 0. The number of nitrogens with zero attached hydrogens (tertiary/aromatic N) is 1. The van der Waals surface area contributed by atoms with Crippen molar-refractivity contribution >= 4 is 10.0 Å². The van der Waals surface area contributed by atoms with Gasteiger partial charge in [0.1, 0.15) is 28.4 Å². The zero-order chi connectivity index (χ0) is 18.9. The summed E-state index contributed by atoms with van der Waals surface area (Å²) in [5.41, 5.74) is 0.974. The van der Waals surface area contributed by atoms with E-state index in [0.717, 1.165) is 17.7 Å². The maximum Gasteiger partial charge on any atom is 0.246 e. The van der Waals surface area contributed by atoms with Gasteiger partial charge in [-0.25, -0.2) is 21.6 Å². The summed E-state index contributed by atoms with van der Waals surface area (Å²) < 4.78 is 66.4. The van der Waals surface area contributed by atoms with Gasteiger partial charge in [0.2, 0.25) is 10.0 Å². The molecule has 2 aromatic rings. The van der Waals surface area contributed by atoms with Gasteiger partial charge in [0.25, 0.3) is 0 Å². The molecule has 2 aromatic carbocycles. The minimum Gasteiger partial charge on any atom is -0.327 e. The van der Waals surface area contributed by atoms with Crippen LogP contribution in [0.4, 0.5) is 13.2 Å². The first-order valence-corrected chi connectivity index (χ1v) is 9.78. The summed E-state index contributed by atoms with van der Waals surface area (Å²) in [4.78, 5) is 0.663. The van der Waals surface area contributed by atoms with E-state index in [1.165, 1.54) is 21.3 Å². The zero-order valence-corrected chi connectivity index (χ0v) is 15.1. The first-order chi connectivity index (χ1) is 12.3. The highest BCUT2D eigenvalue weighted by Gasteiger charge is 2.34. The summed E-state index contributed by atoms with van der Waals surface area (Å²) >= 11 is 0. The van der Waals surface area contributed by atoms with Crippen LogP contribution in [0.5, 0.6) is 0 Å². The molecule has 1 aliphatic rings. The van der Waals surface area contributed by atoms with Gasteiger partial charge in [-0.05, 0) is 31.2 Å². The van der Waals surface area contributed by atoms with E-state index in [-0.39, 0.29) is 24.9 Å². The largest absolute Gasteiger partial charge is 0.327 e. The zero-order valence-electron chi connectivity index (χ0n) is 14.3. The summed E-state index contributed by atoms with van der Waals surface area (Å²) in [6, 6.07) is 8.82. The number of quaternary nitrogens is 1. The molecular weight excluding hydrogens is 365 g/mol. The average molecular weight is 385 g/mol. The van der Waals surface area contributed by atoms with Crippen LogP contribution >= 0.6 is 0 Å². The second kappa shape index (κ2) is 7.38. The number of halogens is 3. The molecule has 1 aliphatic heterocycles. The van der Waals surface area contributed by atoms with Gasteiger partial charge in [-0.15, -0.1) is 0 Å². The predicted molar refractivity (Wildman–Crippen MR) is 90.6 cm³/mol. The number of rotatable bonds is 4. The maximum atomic E-state index is 13.9. The normalized spacial score (nSPS) is 18.0. The minimum absolute atomic E-state index is 0.0861. The Morgan fingerprint density at radius 2 is 1.54 bits per heavy atom. The smallest absolute Gasteiger partial charge is 0.246 e. The van der Waals surface area contributed by atoms with Crippen molar-refractivity contribution < 1.29 is 26.5 Å². The number of benzene rings is 2. The molecule has 0 spiro atoms. The van der Waals surface area contributed by atoms with Crippen molar-refractivity contribution in [2.24, 2.45) is 0 Å². The van der Waals surface area contributed by atoms with Crippen LogP contribution in [0.3, 0.4) is 0 Å². The molecular formula is C18H20F3N2O2S+. The average Bonchev–Trinajstić information content (AvgIpc) is 2.61. The van der Waals surface area contributed by atoms with E-state index in [2.05, 4.69) is 0 Å². The molecule has 0 bridgehead atoms. The van der Waals surface area contributed by atoms with Gasteiger partial charge in [0.05, 0.1) is 26.2 Å². The highest BCUT2D eigenvalue weighted by molar-refractivity contribution is 7.89. The molecule has 0 radical (unpaired) electrons. The first kappa shape index (κ1) is 18.9. The highest BCUT2D eigenvalue weighted by atomic mass is 32.2. The predicted octanol–water partition coefficient (Wildman–Crippen LogP) is 1.75. The molecule has 1 heterocycles. The Morgan fingerprint density at radius 1 is 0.962 bits per heavy atom. The van der Waals surface area contributed by atoms with Crippen molar-refractivity contribution in [3.05, 3.63) is 65.5 Å². The van der Waals surface area contributed by atoms with Crippen molar-refractivity contribution in [3.8, 4) is 0 Å². The van der Waals surface area contributed by atoms with Gasteiger partial charge in [-0.1, -0.05) is 12.1 Å². The number of piperazine rings is 1. The van der Waals surface area contributed by atoms with Crippen LogP contribution in [0.15, 0.2) is 47.4 Å². The minimum atomic E-state index is -4.00. The molecule has 140 valence electrons. The molecule has 1 saturated heterocycles. The van der Waals surface area contributed by atoms with Crippen molar-refractivity contribution in [3.63, 3.8) is 0 Å². The van der Waals surface area contributed by atoms with E-state index in [1.54, 1.807) is 12.1 Å². The number of nitrogens with one attached hydrogen (secondary N) is 1. The lowest BCUT2D eigenvalue weighted by molar-refractivity contribution is -0.933. The summed E-state index contributed by atoms with van der Waals surface area (Å²) in [7, 11) is -4.00. The number of hydrogen-bond acceptors (Lipinski definition) is 2. The van der Waals surface area contributed by atoms with Crippen molar-refractivity contribution in [1.29, 1.82) is 0 Å². The standard InChI is InChI=1S/C18H19F3N2O2S/c1-13(14-2-4-15(19)5-3-14)22-8-10-23(11-9-22)26(24,25)18-7-6-16(20)12-17(18)21/h2-7,12-13H,8-11H2,1H3/p+1/t13-/m0/s1. The summed E-state index contributed by atoms with van der Waals surface area (Å²) in [6.45, 7) is 3.56. The fraction of sp³-hybridized carbons (Fsp3) is 0.333. The lowest BCUT2D eigenvalue weighted by atomic mass is 10.1. The third-order valence-electron chi connectivity index (χ3n) is 4.86. The van der Waals surface area contributed by atoms with Gasteiger partial charge in [0, 0.05) is 11.6 Å². The third-order valence-corrected chi connectivity index (χ3v) is 6.79. The van der Waals surface area contributed by atoms with Crippen LogP contribution in [0, 0.1) is 17.5 Å². The van der Waals surface area contributed by atoms with Gasteiger partial charge < -0.3 is 4.90 Å². The number of hydrogen-bond donors (Lipinski definition) is 1. The third kappa shape index (κ3) is 3.77. The van der Waals surface area contributed by atoms with Crippen LogP contribution in [0.1, 0.15) is 18.5 Å². The molecule has 1 atom stereocenters. The SMILES string of the molecule is C[C@@H](c1ccc(F)cc1)[NH+]1CCN(S(=O)(=O)c2ccc(F)cc2F)CC1. The molecule has 0 aromatic heterocycles. The van der Waals surface area contributed by atoms with Gasteiger partial charge in [0.15, 0.2) is 0 Å².